The van der Waals surface area contributed by atoms with Gasteiger partial charge in [-0.15, -0.1) is 0 Å². The number of nitrogens with zero attached hydrogens (tertiary/aromatic N) is 3. The maximum atomic E-state index is 12.5. The van der Waals surface area contributed by atoms with Gasteiger partial charge in [0.05, 0.1) is 11.7 Å². The van der Waals surface area contributed by atoms with Crippen LogP contribution in [0.25, 0.3) is 0 Å². The van der Waals surface area contributed by atoms with Crippen molar-refractivity contribution in [2.45, 2.75) is 51.2 Å². The number of hydrogen-bond acceptors (Lipinski definition) is 4. The summed E-state index contributed by atoms with van der Waals surface area (Å²) >= 11 is 0. The highest BCUT2D eigenvalue weighted by Gasteiger charge is 2.27. The topological polar surface area (TPSA) is 66.3 Å². The van der Waals surface area contributed by atoms with Crippen molar-refractivity contribution in [2.24, 2.45) is 0 Å². The summed E-state index contributed by atoms with van der Waals surface area (Å²) in [6, 6.07) is 0.121. The molecule has 1 aliphatic rings. The summed E-state index contributed by atoms with van der Waals surface area (Å²) in [5.41, 5.74) is 0.528. The van der Waals surface area contributed by atoms with Gasteiger partial charge in [0.2, 0.25) is 0 Å². The van der Waals surface area contributed by atoms with Crippen LogP contribution in [0, 0.1) is 0 Å². The predicted octanol–water partition coefficient (Wildman–Crippen LogP) is 1.63. The van der Waals surface area contributed by atoms with E-state index in [9.17, 15) is 9.90 Å². The van der Waals surface area contributed by atoms with Crippen LogP contribution in [0.5, 0.6) is 0 Å². The molecule has 1 N–H and O–H groups in total. The molecule has 2 unspecified atom stereocenters. The SMILES string of the molecule is CC(O)CC1CCCCCN1C(=O)c1cncnc1. The van der Waals surface area contributed by atoms with Gasteiger partial charge in [0.1, 0.15) is 6.33 Å². The van der Waals surface area contributed by atoms with Crippen molar-refractivity contribution in [3.05, 3.63) is 24.3 Å². The monoisotopic (exact) mass is 263 g/mol. The molecule has 1 saturated heterocycles. The highest BCUT2D eigenvalue weighted by atomic mass is 16.3. The summed E-state index contributed by atoms with van der Waals surface area (Å²) in [6.45, 7) is 2.53. The Morgan fingerprint density at radius 1 is 1.42 bits per heavy atom. The molecule has 19 heavy (non-hydrogen) atoms. The number of likely N-dealkylation sites (tertiary alicyclic amines) is 1. The van der Waals surface area contributed by atoms with Crippen LogP contribution in [0.1, 0.15) is 49.4 Å². The number of rotatable bonds is 3. The van der Waals surface area contributed by atoms with Crippen molar-refractivity contribution in [3.8, 4) is 0 Å². The van der Waals surface area contributed by atoms with E-state index in [1.165, 1.54) is 6.33 Å². The van der Waals surface area contributed by atoms with Crippen LogP contribution in [-0.4, -0.2) is 44.6 Å². The molecule has 1 aromatic heterocycles. The molecule has 1 fully saturated rings. The maximum absolute atomic E-state index is 12.5. The van der Waals surface area contributed by atoms with Gasteiger partial charge in [0.15, 0.2) is 0 Å². The van der Waals surface area contributed by atoms with Gasteiger partial charge in [0.25, 0.3) is 5.91 Å². The third-order valence-corrected chi connectivity index (χ3v) is 3.56. The van der Waals surface area contributed by atoms with Gasteiger partial charge in [-0.1, -0.05) is 12.8 Å². The summed E-state index contributed by atoms with van der Waals surface area (Å²) in [4.78, 5) is 22.2. The highest BCUT2D eigenvalue weighted by molar-refractivity contribution is 5.93. The standard InChI is InChI=1S/C14H21N3O2/c1-11(18)7-13-5-3-2-4-6-17(13)14(19)12-8-15-10-16-9-12/h8-11,13,18H,2-7H2,1H3. The van der Waals surface area contributed by atoms with E-state index >= 15 is 0 Å². The number of hydrogen-bond donors (Lipinski definition) is 1. The Morgan fingerprint density at radius 3 is 2.84 bits per heavy atom. The minimum Gasteiger partial charge on any atom is -0.393 e. The molecule has 0 radical (unpaired) electrons. The first-order chi connectivity index (χ1) is 9.18. The molecule has 0 spiro atoms. The summed E-state index contributed by atoms with van der Waals surface area (Å²) in [5, 5.41) is 9.60. The quantitative estimate of drug-likeness (QED) is 0.900. The molecule has 0 bridgehead atoms. The first kappa shape index (κ1) is 13.9. The van der Waals surface area contributed by atoms with E-state index in [4.69, 9.17) is 0 Å². The third-order valence-electron chi connectivity index (χ3n) is 3.56. The van der Waals surface area contributed by atoms with Crippen LogP contribution < -0.4 is 0 Å². The Bertz CT molecular complexity index is 408. The molecule has 1 aromatic rings. The number of aliphatic hydroxyl groups excluding tert-OH is 1. The van der Waals surface area contributed by atoms with Gasteiger partial charge in [-0.3, -0.25) is 4.79 Å². The predicted molar refractivity (Wildman–Crippen MR) is 71.6 cm³/mol. The lowest BCUT2D eigenvalue weighted by molar-refractivity contribution is 0.0606. The summed E-state index contributed by atoms with van der Waals surface area (Å²) in [5.74, 6) is -0.0202. The van der Waals surface area contributed by atoms with E-state index in [1.807, 2.05) is 4.90 Å². The van der Waals surface area contributed by atoms with E-state index in [0.717, 1.165) is 32.2 Å². The molecule has 5 nitrogen and oxygen atoms in total. The summed E-state index contributed by atoms with van der Waals surface area (Å²) in [6.07, 6.45) is 9.04. The second-order valence-corrected chi connectivity index (χ2v) is 5.21. The van der Waals surface area contributed by atoms with Gasteiger partial charge in [0, 0.05) is 25.0 Å². The van der Waals surface area contributed by atoms with Crippen molar-refractivity contribution < 1.29 is 9.90 Å². The fourth-order valence-corrected chi connectivity index (χ4v) is 2.66. The highest BCUT2D eigenvalue weighted by Crippen LogP contribution is 2.22. The zero-order chi connectivity index (χ0) is 13.7. The van der Waals surface area contributed by atoms with Crippen LogP contribution in [0.4, 0.5) is 0 Å². The van der Waals surface area contributed by atoms with Crippen molar-refractivity contribution in [3.63, 3.8) is 0 Å². The van der Waals surface area contributed by atoms with Crippen LogP contribution in [0.2, 0.25) is 0 Å². The van der Waals surface area contributed by atoms with Crippen LogP contribution in [-0.2, 0) is 0 Å². The summed E-state index contributed by atoms with van der Waals surface area (Å²) in [7, 11) is 0. The lowest BCUT2D eigenvalue weighted by Crippen LogP contribution is -2.41. The average molecular weight is 263 g/mol. The number of carbonyl (C=O) groups excluding carboxylic acids is 1. The molecular weight excluding hydrogens is 242 g/mol. The minimum atomic E-state index is -0.384. The van der Waals surface area contributed by atoms with Crippen molar-refractivity contribution in [1.29, 1.82) is 0 Å². The zero-order valence-corrected chi connectivity index (χ0v) is 11.3. The van der Waals surface area contributed by atoms with Gasteiger partial charge < -0.3 is 10.0 Å². The van der Waals surface area contributed by atoms with E-state index in [1.54, 1.807) is 19.3 Å². The Morgan fingerprint density at radius 2 is 2.16 bits per heavy atom. The first-order valence-corrected chi connectivity index (χ1v) is 6.92. The Labute approximate surface area is 113 Å². The van der Waals surface area contributed by atoms with E-state index < -0.39 is 0 Å². The second kappa shape index (κ2) is 6.61. The molecule has 2 atom stereocenters. The molecule has 1 amide bonds. The average Bonchev–Trinajstić information content (AvgIpc) is 2.64. The smallest absolute Gasteiger partial charge is 0.257 e. The van der Waals surface area contributed by atoms with E-state index in [0.29, 0.717) is 12.0 Å². The zero-order valence-electron chi connectivity index (χ0n) is 11.3. The van der Waals surface area contributed by atoms with Crippen LogP contribution in [0.3, 0.4) is 0 Å². The first-order valence-electron chi connectivity index (χ1n) is 6.92. The van der Waals surface area contributed by atoms with Crippen molar-refractivity contribution in [2.75, 3.05) is 6.54 Å². The number of aromatic nitrogens is 2. The number of amides is 1. The second-order valence-electron chi connectivity index (χ2n) is 5.21. The molecule has 0 aromatic carbocycles. The molecule has 0 aliphatic carbocycles. The van der Waals surface area contributed by atoms with Gasteiger partial charge >= 0.3 is 0 Å². The van der Waals surface area contributed by atoms with Gasteiger partial charge in [-0.25, -0.2) is 9.97 Å². The summed E-state index contributed by atoms with van der Waals surface area (Å²) < 4.78 is 0. The Balaban J connectivity index is 2.15. The lowest BCUT2D eigenvalue weighted by atomic mass is 10.0. The molecule has 0 saturated carbocycles. The molecular formula is C14H21N3O2. The third kappa shape index (κ3) is 3.73. The number of carbonyl (C=O) groups is 1. The molecule has 5 heteroatoms. The van der Waals surface area contributed by atoms with E-state index in [-0.39, 0.29) is 18.1 Å². The Hall–Kier alpha value is -1.49. The van der Waals surface area contributed by atoms with Gasteiger partial charge in [-0.05, 0) is 26.2 Å². The van der Waals surface area contributed by atoms with Crippen molar-refractivity contribution >= 4 is 5.91 Å². The van der Waals surface area contributed by atoms with Crippen LogP contribution >= 0.6 is 0 Å². The normalized spacial score (nSPS) is 21.8. The van der Waals surface area contributed by atoms with Gasteiger partial charge in [-0.2, -0.15) is 0 Å². The molecule has 2 rings (SSSR count). The van der Waals surface area contributed by atoms with Crippen molar-refractivity contribution in [1.82, 2.24) is 14.9 Å². The maximum Gasteiger partial charge on any atom is 0.257 e. The lowest BCUT2D eigenvalue weighted by Gasteiger charge is -2.30. The molecule has 1 aliphatic heterocycles. The fraction of sp³-hybridized carbons (Fsp3) is 0.643. The fourth-order valence-electron chi connectivity index (χ4n) is 2.66. The van der Waals surface area contributed by atoms with E-state index in [2.05, 4.69) is 9.97 Å². The number of aliphatic hydroxyl groups is 1. The Kier molecular flexibility index (Phi) is 4.85. The largest absolute Gasteiger partial charge is 0.393 e. The molecule has 104 valence electrons. The van der Waals surface area contributed by atoms with Crippen LogP contribution in [0.15, 0.2) is 18.7 Å². The molecule has 2 heterocycles. The minimum absolute atomic E-state index is 0.0202.